The zero-order chi connectivity index (χ0) is 12.9. The van der Waals surface area contributed by atoms with Crippen molar-refractivity contribution in [1.82, 2.24) is 5.32 Å². The van der Waals surface area contributed by atoms with E-state index in [-0.39, 0.29) is 5.91 Å². The molecule has 0 aromatic heterocycles. The van der Waals surface area contributed by atoms with Crippen LogP contribution in [0.4, 0.5) is 0 Å². The van der Waals surface area contributed by atoms with Crippen LogP contribution in [-0.4, -0.2) is 33.1 Å². The van der Waals surface area contributed by atoms with Gasteiger partial charge in [-0.05, 0) is 44.9 Å². The Labute approximate surface area is 112 Å². The van der Waals surface area contributed by atoms with Crippen molar-refractivity contribution in [3.05, 3.63) is 0 Å². The highest BCUT2D eigenvalue weighted by atomic mass is 32.2. The first-order chi connectivity index (χ1) is 8.49. The van der Waals surface area contributed by atoms with Crippen molar-refractivity contribution in [3.63, 3.8) is 0 Å². The topological polar surface area (TPSA) is 61.7 Å². The van der Waals surface area contributed by atoms with Gasteiger partial charge >= 0.3 is 0 Å². The van der Waals surface area contributed by atoms with Crippen LogP contribution in [0, 0.1) is 11.8 Å². The predicted octanol–water partition coefficient (Wildman–Crippen LogP) is 1.53. The minimum absolute atomic E-state index is 0.215. The van der Waals surface area contributed by atoms with Gasteiger partial charge in [0.1, 0.15) is 4.75 Å². The Morgan fingerprint density at radius 2 is 2.28 bits per heavy atom. The fourth-order valence-electron chi connectivity index (χ4n) is 3.38. The van der Waals surface area contributed by atoms with E-state index in [2.05, 4.69) is 10.3 Å². The van der Waals surface area contributed by atoms with Gasteiger partial charge in [-0.15, -0.1) is 0 Å². The molecule has 2 aliphatic carbocycles. The third kappa shape index (κ3) is 1.88. The molecule has 5 atom stereocenters. The molecule has 100 valence electrons. The van der Waals surface area contributed by atoms with E-state index in [4.69, 9.17) is 0 Å². The number of aliphatic hydroxyl groups is 1. The fourth-order valence-corrected chi connectivity index (χ4v) is 4.42. The molecular weight excluding hydrogens is 248 g/mol. The van der Waals surface area contributed by atoms with Crippen LogP contribution < -0.4 is 5.32 Å². The lowest BCUT2D eigenvalue weighted by molar-refractivity contribution is -0.121. The van der Waals surface area contributed by atoms with Crippen LogP contribution in [0.3, 0.4) is 0 Å². The summed E-state index contributed by atoms with van der Waals surface area (Å²) < 4.78 is -0.806. The van der Waals surface area contributed by atoms with Gasteiger partial charge in [0.05, 0.1) is 6.10 Å². The van der Waals surface area contributed by atoms with E-state index in [1.807, 2.05) is 0 Å². The lowest BCUT2D eigenvalue weighted by Crippen LogP contribution is -2.40. The molecule has 4 nitrogen and oxygen atoms in total. The highest BCUT2D eigenvalue weighted by Gasteiger charge is 2.47. The molecule has 3 rings (SSSR count). The van der Waals surface area contributed by atoms with E-state index in [0.29, 0.717) is 11.2 Å². The summed E-state index contributed by atoms with van der Waals surface area (Å²) >= 11 is 1.38. The lowest BCUT2D eigenvalue weighted by Gasteiger charge is -2.26. The van der Waals surface area contributed by atoms with Crippen molar-refractivity contribution in [2.24, 2.45) is 16.8 Å². The molecule has 2 N–H and O–H groups in total. The van der Waals surface area contributed by atoms with Crippen molar-refractivity contribution in [2.45, 2.75) is 56.4 Å². The molecular formula is C13H20N2O2S. The van der Waals surface area contributed by atoms with Gasteiger partial charge in [0.25, 0.3) is 5.91 Å². The van der Waals surface area contributed by atoms with E-state index in [1.54, 1.807) is 13.8 Å². The second kappa shape index (κ2) is 4.23. The molecule has 1 heterocycles. The van der Waals surface area contributed by atoms with Gasteiger partial charge in [0.15, 0.2) is 5.17 Å². The molecule has 0 aromatic carbocycles. The Kier molecular flexibility index (Phi) is 2.94. The Morgan fingerprint density at radius 1 is 1.50 bits per heavy atom. The van der Waals surface area contributed by atoms with E-state index in [0.717, 1.165) is 11.8 Å². The van der Waals surface area contributed by atoms with Gasteiger partial charge in [-0.1, -0.05) is 18.2 Å². The van der Waals surface area contributed by atoms with Gasteiger partial charge in [-0.3, -0.25) is 4.79 Å². The van der Waals surface area contributed by atoms with Crippen molar-refractivity contribution < 1.29 is 9.90 Å². The largest absolute Gasteiger partial charge is 0.391 e. The summed E-state index contributed by atoms with van der Waals surface area (Å²) in [5, 5.41) is 13.9. The molecule has 0 saturated heterocycles. The summed E-state index contributed by atoms with van der Waals surface area (Å²) in [6.45, 7) is 3.42. The highest BCUT2D eigenvalue weighted by molar-refractivity contribution is 8.16. The molecule has 2 fully saturated rings. The molecule has 18 heavy (non-hydrogen) atoms. The van der Waals surface area contributed by atoms with E-state index >= 15 is 0 Å². The molecule has 0 spiro atoms. The summed E-state index contributed by atoms with van der Waals surface area (Å²) in [6, 6.07) is 0.485. The summed E-state index contributed by atoms with van der Waals surface area (Å²) in [5.41, 5.74) is 0. The van der Waals surface area contributed by atoms with E-state index in [9.17, 15) is 9.90 Å². The molecule has 5 heteroatoms. The van der Waals surface area contributed by atoms with Gasteiger partial charge in [-0.2, -0.15) is 4.99 Å². The number of nitrogens with one attached hydrogen (secondary N) is 1. The Balaban J connectivity index is 1.65. The highest BCUT2D eigenvalue weighted by Crippen LogP contribution is 2.45. The zero-order valence-electron chi connectivity index (χ0n) is 10.8. The number of carbonyl (C=O) groups excluding carboxylic acids is 1. The van der Waals surface area contributed by atoms with Crippen LogP contribution >= 0.6 is 11.8 Å². The number of fused-ring (bicyclic) bond motifs is 2. The standard InChI is InChI=1S/C13H20N2O2S/c1-7(16)13(2)11(17)15-12(18-13)14-10-6-8-3-4-9(10)5-8/h7-10,16H,3-6H2,1-2H3,(H,14,15,17)/t7?,8-,9+,10+,13+/m1/s1. The average Bonchev–Trinajstić information content (AvgIpc) is 2.95. The molecule has 1 amide bonds. The number of nitrogens with zero attached hydrogens (tertiary/aromatic N) is 1. The number of aliphatic hydroxyl groups excluding tert-OH is 1. The molecule has 2 saturated carbocycles. The zero-order valence-corrected chi connectivity index (χ0v) is 11.7. The molecule has 1 aliphatic heterocycles. The van der Waals surface area contributed by atoms with Crippen LogP contribution in [0.2, 0.25) is 0 Å². The fraction of sp³-hybridized carbons (Fsp3) is 0.846. The maximum absolute atomic E-state index is 11.9. The van der Waals surface area contributed by atoms with E-state index < -0.39 is 10.9 Å². The maximum Gasteiger partial charge on any atom is 0.267 e. The SMILES string of the molecule is CC(O)[C@]1(C)SC(N[C@H]2C[C@@H]3CC[C@H]2C3)=NC1=O. The molecule has 0 aromatic rings. The molecule has 0 radical (unpaired) electrons. The van der Waals surface area contributed by atoms with Crippen LogP contribution in [0.5, 0.6) is 0 Å². The number of rotatable bonds is 2. The lowest BCUT2D eigenvalue weighted by atomic mass is 9.96. The van der Waals surface area contributed by atoms with Gasteiger partial charge in [0, 0.05) is 6.04 Å². The van der Waals surface area contributed by atoms with Crippen LogP contribution in [-0.2, 0) is 4.79 Å². The normalized spacial score (nSPS) is 44.3. The summed E-state index contributed by atoms with van der Waals surface area (Å²) in [4.78, 5) is 16.0. The molecule has 2 bridgehead atoms. The number of carbonyl (C=O) groups is 1. The first kappa shape index (κ1) is 12.5. The Morgan fingerprint density at radius 3 is 2.78 bits per heavy atom. The summed E-state index contributed by atoms with van der Waals surface area (Å²) in [7, 11) is 0. The molecule has 1 unspecified atom stereocenters. The average molecular weight is 268 g/mol. The number of hydrogen-bond donors (Lipinski definition) is 2. The van der Waals surface area contributed by atoms with Gasteiger partial charge < -0.3 is 10.4 Å². The van der Waals surface area contributed by atoms with Crippen LogP contribution in [0.25, 0.3) is 0 Å². The predicted molar refractivity (Wildman–Crippen MR) is 72.5 cm³/mol. The second-order valence-electron chi connectivity index (χ2n) is 6.03. The van der Waals surface area contributed by atoms with Crippen molar-refractivity contribution in [2.75, 3.05) is 0 Å². The van der Waals surface area contributed by atoms with Crippen molar-refractivity contribution >= 4 is 22.8 Å². The number of hydrogen-bond acceptors (Lipinski definition) is 4. The molecule has 3 aliphatic rings. The monoisotopic (exact) mass is 268 g/mol. The number of aliphatic imine (C=N–C) groups is 1. The van der Waals surface area contributed by atoms with Crippen LogP contribution in [0.15, 0.2) is 4.99 Å². The first-order valence-electron chi connectivity index (χ1n) is 6.76. The minimum Gasteiger partial charge on any atom is -0.391 e. The summed E-state index contributed by atoms with van der Waals surface area (Å²) in [5.74, 6) is 1.42. The maximum atomic E-state index is 11.9. The number of amidine groups is 1. The van der Waals surface area contributed by atoms with Crippen molar-refractivity contribution in [3.8, 4) is 0 Å². The summed E-state index contributed by atoms with van der Waals surface area (Å²) in [6.07, 6.45) is 4.54. The first-order valence-corrected chi connectivity index (χ1v) is 7.57. The number of thioether (sulfide) groups is 1. The van der Waals surface area contributed by atoms with E-state index in [1.165, 1.54) is 37.4 Å². The van der Waals surface area contributed by atoms with Crippen molar-refractivity contribution in [1.29, 1.82) is 0 Å². The third-order valence-electron chi connectivity index (χ3n) is 4.78. The third-order valence-corrected chi connectivity index (χ3v) is 6.12. The minimum atomic E-state index is -0.806. The Bertz CT molecular complexity index is 410. The quantitative estimate of drug-likeness (QED) is 0.797. The van der Waals surface area contributed by atoms with Gasteiger partial charge in [-0.25, -0.2) is 0 Å². The Hall–Kier alpha value is -0.550. The van der Waals surface area contributed by atoms with Gasteiger partial charge in [0.2, 0.25) is 0 Å². The number of amides is 1. The van der Waals surface area contributed by atoms with Crippen LogP contribution in [0.1, 0.15) is 39.5 Å². The smallest absolute Gasteiger partial charge is 0.267 e. The second-order valence-corrected chi connectivity index (χ2v) is 7.47.